The molecule has 1 saturated heterocycles. The van der Waals surface area contributed by atoms with E-state index in [9.17, 15) is 9.59 Å². The Bertz CT molecular complexity index is 568. The third-order valence-corrected chi connectivity index (χ3v) is 4.45. The van der Waals surface area contributed by atoms with Gasteiger partial charge in [0.15, 0.2) is 5.78 Å². The molecule has 0 bridgehead atoms. The minimum absolute atomic E-state index is 0. The van der Waals surface area contributed by atoms with E-state index in [1.165, 1.54) is 0 Å². The zero-order valence-corrected chi connectivity index (χ0v) is 15.2. The van der Waals surface area contributed by atoms with Crippen LogP contribution >= 0.6 is 12.4 Å². The summed E-state index contributed by atoms with van der Waals surface area (Å²) in [6.07, 6.45) is 3.70. The number of aromatic nitrogens is 1. The second-order valence-electron chi connectivity index (χ2n) is 6.25. The highest BCUT2D eigenvalue weighted by molar-refractivity contribution is 6.02. The standard InChI is InChI=1S/C17H27N3O2.ClH/c1-5-7-13-15(12(4)21)11(3)19-16(13)17(22)20-14-8-6-9-18-10(14)2;/h10,14,18-19H,5-9H2,1-4H3,(H,20,22);1H. The molecule has 0 radical (unpaired) electrons. The van der Waals surface area contributed by atoms with Gasteiger partial charge in [0.05, 0.1) is 0 Å². The van der Waals surface area contributed by atoms with Gasteiger partial charge < -0.3 is 15.6 Å². The lowest BCUT2D eigenvalue weighted by atomic mass is 9.98. The summed E-state index contributed by atoms with van der Waals surface area (Å²) in [7, 11) is 0. The van der Waals surface area contributed by atoms with Gasteiger partial charge >= 0.3 is 0 Å². The summed E-state index contributed by atoms with van der Waals surface area (Å²) < 4.78 is 0. The minimum Gasteiger partial charge on any atom is -0.354 e. The summed E-state index contributed by atoms with van der Waals surface area (Å²) in [5, 5.41) is 6.50. The average molecular weight is 342 g/mol. The average Bonchev–Trinajstić information content (AvgIpc) is 2.78. The van der Waals surface area contributed by atoms with Gasteiger partial charge in [-0.2, -0.15) is 0 Å². The molecule has 2 rings (SSSR count). The Morgan fingerprint density at radius 3 is 2.61 bits per heavy atom. The van der Waals surface area contributed by atoms with Crippen LogP contribution in [-0.2, 0) is 6.42 Å². The van der Waals surface area contributed by atoms with Crippen molar-refractivity contribution in [1.29, 1.82) is 0 Å². The number of halogens is 1. The molecule has 1 aliphatic rings. The predicted molar refractivity (Wildman–Crippen MR) is 94.7 cm³/mol. The van der Waals surface area contributed by atoms with Crippen molar-refractivity contribution in [3.63, 3.8) is 0 Å². The molecule has 1 fully saturated rings. The first-order valence-electron chi connectivity index (χ1n) is 8.22. The lowest BCUT2D eigenvalue weighted by molar-refractivity contribution is 0.0914. The number of H-pyrrole nitrogens is 1. The molecule has 0 spiro atoms. The zero-order chi connectivity index (χ0) is 16.3. The number of Topliss-reactive ketones (excluding diaryl/α,β-unsaturated/α-hetero) is 1. The van der Waals surface area contributed by atoms with Crippen LogP contribution < -0.4 is 10.6 Å². The summed E-state index contributed by atoms with van der Waals surface area (Å²) >= 11 is 0. The van der Waals surface area contributed by atoms with Crippen LogP contribution in [0.5, 0.6) is 0 Å². The van der Waals surface area contributed by atoms with Crippen molar-refractivity contribution in [2.24, 2.45) is 0 Å². The zero-order valence-electron chi connectivity index (χ0n) is 14.4. The van der Waals surface area contributed by atoms with Gasteiger partial charge in [0, 0.05) is 23.3 Å². The first kappa shape index (κ1) is 19.7. The molecule has 6 heteroatoms. The van der Waals surface area contributed by atoms with Crippen LogP contribution in [0.2, 0.25) is 0 Å². The van der Waals surface area contributed by atoms with E-state index >= 15 is 0 Å². The van der Waals surface area contributed by atoms with E-state index in [2.05, 4.69) is 29.5 Å². The maximum absolute atomic E-state index is 12.7. The molecule has 2 heterocycles. The molecule has 1 aromatic rings. The topological polar surface area (TPSA) is 74.0 Å². The highest BCUT2D eigenvalue weighted by Gasteiger charge is 2.26. The number of carbonyl (C=O) groups is 2. The van der Waals surface area contributed by atoms with Gasteiger partial charge in [0.1, 0.15) is 5.69 Å². The summed E-state index contributed by atoms with van der Waals surface area (Å²) in [6.45, 7) is 8.57. The summed E-state index contributed by atoms with van der Waals surface area (Å²) in [5.74, 6) is -0.0800. The maximum atomic E-state index is 12.7. The molecule has 2 atom stereocenters. The van der Waals surface area contributed by atoms with Crippen molar-refractivity contribution in [2.75, 3.05) is 6.54 Å². The molecular formula is C17H28ClN3O2. The Morgan fingerprint density at radius 1 is 1.35 bits per heavy atom. The van der Waals surface area contributed by atoms with Gasteiger partial charge in [-0.3, -0.25) is 9.59 Å². The van der Waals surface area contributed by atoms with Gasteiger partial charge in [-0.25, -0.2) is 0 Å². The van der Waals surface area contributed by atoms with Gasteiger partial charge in [0.25, 0.3) is 5.91 Å². The van der Waals surface area contributed by atoms with E-state index in [4.69, 9.17) is 0 Å². The fraction of sp³-hybridized carbons (Fsp3) is 0.647. The van der Waals surface area contributed by atoms with Crippen LogP contribution in [0.3, 0.4) is 0 Å². The van der Waals surface area contributed by atoms with E-state index < -0.39 is 0 Å². The van der Waals surface area contributed by atoms with Crippen LogP contribution in [0.25, 0.3) is 0 Å². The fourth-order valence-electron chi connectivity index (χ4n) is 3.33. The van der Waals surface area contributed by atoms with Crippen LogP contribution in [-0.4, -0.2) is 35.3 Å². The van der Waals surface area contributed by atoms with Crippen LogP contribution in [0, 0.1) is 6.92 Å². The molecule has 0 saturated carbocycles. The van der Waals surface area contributed by atoms with Gasteiger partial charge in [-0.15, -0.1) is 12.4 Å². The van der Waals surface area contributed by atoms with Crippen LogP contribution in [0.15, 0.2) is 0 Å². The number of aromatic amines is 1. The molecule has 2 unspecified atom stereocenters. The number of carbonyl (C=O) groups excluding carboxylic acids is 2. The van der Waals surface area contributed by atoms with Crippen molar-refractivity contribution < 1.29 is 9.59 Å². The van der Waals surface area contributed by atoms with E-state index in [1.807, 2.05) is 6.92 Å². The number of amides is 1. The Hall–Kier alpha value is -1.33. The molecule has 5 nitrogen and oxygen atoms in total. The Kier molecular flexibility index (Phi) is 7.29. The molecule has 23 heavy (non-hydrogen) atoms. The van der Waals surface area contributed by atoms with E-state index in [-0.39, 0.29) is 36.2 Å². The smallest absolute Gasteiger partial charge is 0.268 e. The predicted octanol–water partition coefficient (Wildman–Crippen LogP) is 2.77. The molecule has 3 N–H and O–H groups in total. The number of rotatable bonds is 5. The number of aryl methyl sites for hydroxylation is 1. The second kappa shape index (κ2) is 8.50. The molecule has 1 aromatic heterocycles. The fourth-order valence-corrected chi connectivity index (χ4v) is 3.33. The Morgan fingerprint density at radius 2 is 2.04 bits per heavy atom. The Labute approximate surface area is 144 Å². The van der Waals surface area contributed by atoms with Crippen LogP contribution in [0.1, 0.15) is 72.1 Å². The number of piperidine rings is 1. The van der Waals surface area contributed by atoms with Gasteiger partial charge in [-0.1, -0.05) is 13.3 Å². The van der Waals surface area contributed by atoms with Crippen molar-refractivity contribution in [3.05, 3.63) is 22.5 Å². The molecule has 0 aliphatic carbocycles. The number of nitrogens with one attached hydrogen (secondary N) is 3. The third kappa shape index (κ3) is 4.36. The molecule has 1 aliphatic heterocycles. The maximum Gasteiger partial charge on any atom is 0.268 e. The van der Waals surface area contributed by atoms with Crippen molar-refractivity contribution in [2.45, 2.75) is 65.5 Å². The largest absolute Gasteiger partial charge is 0.354 e. The normalized spacial score (nSPS) is 20.7. The van der Waals surface area contributed by atoms with E-state index in [0.29, 0.717) is 11.3 Å². The van der Waals surface area contributed by atoms with Gasteiger partial charge in [0.2, 0.25) is 0 Å². The highest BCUT2D eigenvalue weighted by Crippen LogP contribution is 2.22. The lowest BCUT2D eigenvalue weighted by Crippen LogP contribution is -2.52. The molecule has 1 amide bonds. The number of ketones is 1. The molecule has 130 valence electrons. The SMILES string of the molecule is CCCc1c(C(=O)NC2CCCNC2C)[nH]c(C)c1C(C)=O.Cl. The lowest BCUT2D eigenvalue weighted by Gasteiger charge is -2.30. The van der Waals surface area contributed by atoms with Crippen molar-refractivity contribution in [1.82, 2.24) is 15.6 Å². The second-order valence-corrected chi connectivity index (χ2v) is 6.25. The molecular weight excluding hydrogens is 314 g/mol. The van der Waals surface area contributed by atoms with Crippen molar-refractivity contribution in [3.8, 4) is 0 Å². The quantitative estimate of drug-likeness (QED) is 0.721. The van der Waals surface area contributed by atoms with Crippen LogP contribution in [0.4, 0.5) is 0 Å². The van der Waals surface area contributed by atoms with Gasteiger partial charge in [-0.05, 0) is 52.1 Å². The first-order valence-corrected chi connectivity index (χ1v) is 8.22. The van der Waals surface area contributed by atoms with E-state index in [0.717, 1.165) is 43.5 Å². The summed E-state index contributed by atoms with van der Waals surface area (Å²) in [4.78, 5) is 27.7. The summed E-state index contributed by atoms with van der Waals surface area (Å²) in [6, 6.07) is 0.413. The Balaban J connectivity index is 0.00000264. The first-order chi connectivity index (χ1) is 10.5. The highest BCUT2D eigenvalue weighted by atomic mass is 35.5. The third-order valence-electron chi connectivity index (χ3n) is 4.45. The monoisotopic (exact) mass is 341 g/mol. The van der Waals surface area contributed by atoms with E-state index in [1.54, 1.807) is 6.92 Å². The summed E-state index contributed by atoms with van der Waals surface area (Å²) in [5.41, 5.74) is 2.89. The van der Waals surface area contributed by atoms with Crippen molar-refractivity contribution >= 4 is 24.1 Å². The minimum atomic E-state index is -0.0976. The number of hydrogen-bond acceptors (Lipinski definition) is 3. The number of hydrogen-bond donors (Lipinski definition) is 3. The molecule has 0 aromatic carbocycles.